The SMILES string of the molecule is CN1CCN(CC2CC(n3cc(I)c4c(Cl)ncnc43)C2)CC1C=O. The van der Waals surface area contributed by atoms with Crippen LogP contribution in [0.1, 0.15) is 18.9 Å². The molecule has 0 radical (unpaired) electrons. The maximum Gasteiger partial charge on any atom is 0.146 e. The molecule has 2 aromatic heterocycles. The summed E-state index contributed by atoms with van der Waals surface area (Å²) in [6, 6.07) is 0.523. The molecular formula is C17H21ClIN5O. The third kappa shape index (κ3) is 3.31. The van der Waals surface area contributed by atoms with E-state index in [2.05, 4.69) is 53.1 Å². The predicted octanol–water partition coefficient (Wildman–Crippen LogP) is 2.46. The van der Waals surface area contributed by atoms with Crippen molar-refractivity contribution < 1.29 is 4.79 Å². The largest absolute Gasteiger partial charge is 0.328 e. The van der Waals surface area contributed by atoms with Gasteiger partial charge in [-0.2, -0.15) is 0 Å². The first-order valence-corrected chi connectivity index (χ1v) is 10.1. The Balaban J connectivity index is 1.40. The Labute approximate surface area is 165 Å². The van der Waals surface area contributed by atoms with Crippen molar-refractivity contribution in [3.05, 3.63) is 21.2 Å². The highest BCUT2D eigenvalue weighted by Gasteiger charge is 2.34. The highest BCUT2D eigenvalue weighted by molar-refractivity contribution is 14.1. The normalized spacial score (nSPS) is 28.2. The van der Waals surface area contributed by atoms with E-state index in [1.54, 1.807) is 0 Å². The van der Waals surface area contributed by atoms with Gasteiger partial charge in [0.2, 0.25) is 0 Å². The number of hydrogen-bond donors (Lipinski definition) is 0. The zero-order valence-electron chi connectivity index (χ0n) is 14.1. The molecule has 1 saturated carbocycles. The Morgan fingerprint density at radius 1 is 1.36 bits per heavy atom. The molecule has 0 amide bonds. The van der Waals surface area contributed by atoms with Crippen molar-refractivity contribution in [2.75, 3.05) is 33.2 Å². The van der Waals surface area contributed by atoms with Crippen molar-refractivity contribution in [2.24, 2.45) is 5.92 Å². The van der Waals surface area contributed by atoms with Crippen molar-refractivity contribution in [1.29, 1.82) is 0 Å². The van der Waals surface area contributed by atoms with Gasteiger partial charge in [-0.1, -0.05) is 11.6 Å². The smallest absolute Gasteiger partial charge is 0.146 e. The number of nitrogens with zero attached hydrogens (tertiary/aromatic N) is 5. The minimum absolute atomic E-state index is 0.0402. The van der Waals surface area contributed by atoms with Crippen LogP contribution in [0.4, 0.5) is 0 Å². The van der Waals surface area contributed by atoms with Crippen LogP contribution in [0.5, 0.6) is 0 Å². The molecule has 25 heavy (non-hydrogen) atoms. The zero-order valence-corrected chi connectivity index (χ0v) is 17.0. The van der Waals surface area contributed by atoms with Crippen LogP contribution in [0.25, 0.3) is 11.0 Å². The van der Waals surface area contributed by atoms with Gasteiger partial charge in [0.1, 0.15) is 23.4 Å². The molecule has 0 bridgehead atoms. The first-order valence-electron chi connectivity index (χ1n) is 8.61. The summed E-state index contributed by atoms with van der Waals surface area (Å²) in [5, 5.41) is 1.49. The molecule has 2 fully saturated rings. The Hall–Kier alpha value is -0.770. The maximum absolute atomic E-state index is 11.2. The van der Waals surface area contributed by atoms with E-state index in [4.69, 9.17) is 11.6 Å². The highest BCUT2D eigenvalue weighted by atomic mass is 127. The number of fused-ring (bicyclic) bond motifs is 1. The molecule has 1 aliphatic carbocycles. The maximum atomic E-state index is 11.2. The molecule has 4 rings (SSSR count). The van der Waals surface area contributed by atoms with E-state index in [9.17, 15) is 4.79 Å². The van der Waals surface area contributed by atoms with Crippen LogP contribution < -0.4 is 0 Å². The first-order chi connectivity index (χ1) is 12.1. The number of hydrogen-bond acceptors (Lipinski definition) is 5. The molecule has 8 heteroatoms. The van der Waals surface area contributed by atoms with Gasteiger partial charge < -0.3 is 9.36 Å². The fourth-order valence-electron chi connectivity index (χ4n) is 4.00. The third-order valence-corrected chi connectivity index (χ3v) is 6.68. The van der Waals surface area contributed by atoms with Gasteiger partial charge >= 0.3 is 0 Å². The van der Waals surface area contributed by atoms with Gasteiger partial charge in [0.15, 0.2) is 0 Å². The lowest BCUT2D eigenvalue weighted by Gasteiger charge is -2.43. The summed E-state index contributed by atoms with van der Waals surface area (Å²) >= 11 is 8.53. The third-order valence-electron chi connectivity index (χ3n) is 5.57. The van der Waals surface area contributed by atoms with Crippen LogP contribution >= 0.6 is 34.2 Å². The number of aromatic nitrogens is 3. The van der Waals surface area contributed by atoms with Crippen molar-refractivity contribution in [3.63, 3.8) is 0 Å². The van der Waals surface area contributed by atoms with E-state index >= 15 is 0 Å². The summed E-state index contributed by atoms with van der Waals surface area (Å²) < 4.78 is 3.37. The number of rotatable bonds is 4. The summed E-state index contributed by atoms with van der Waals surface area (Å²) in [4.78, 5) is 24.3. The van der Waals surface area contributed by atoms with Crippen molar-refractivity contribution in [1.82, 2.24) is 24.3 Å². The monoisotopic (exact) mass is 473 g/mol. The van der Waals surface area contributed by atoms with Crippen LogP contribution in [-0.4, -0.2) is 69.9 Å². The van der Waals surface area contributed by atoms with Crippen molar-refractivity contribution in [2.45, 2.75) is 24.9 Å². The van der Waals surface area contributed by atoms with Crippen LogP contribution in [0, 0.1) is 9.49 Å². The van der Waals surface area contributed by atoms with Crippen LogP contribution in [0.3, 0.4) is 0 Å². The number of halogens is 2. The number of aldehydes is 1. The van der Waals surface area contributed by atoms with E-state index in [0.29, 0.717) is 17.1 Å². The Morgan fingerprint density at radius 2 is 2.16 bits per heavy atom. The Kier molecular flexibility index (Phi) is 5.00. The molecule has 1 saturated heterocycles. The van der Waals surface area contributed by atoms with E-state index in [1.165, 1.54) is 6.33 Å². The summed E-state index contributed by atoms with van der Waals surface area (Å²) in [7, 11) is 2.03. The van der Waals surface area contributed by atoms with Gasteiger partial charge in [0.05, 0.1) is 11.4 Å². The van der Waals surface area contributed by atoms with Crippen molar-refractivity contribution >= 4 is 51.5 Å². The van der Waals surface area contributed by atoms with Gasteiger partial charge in [0.25, 0.3) is 0 Å². The second-order valence-corrected chi connectivity index (χ2v) is 8.70. The van der Waals surface area contributed by atoms with Gasteiger partial charge in [-0.15, -0.1) is 0 Å². The van der Waals surface area contributed by atoms with Crippen LogP contribution in [-0.2, 0) is 4.79 Å². The standard InChI is InChI=1S/C17H21ClIN5O/c1-22-2-3-23(7-13(22)9-25)6-11-4-12(5-11)24-8-14(19)15-16(18)20-10-21-17(15)24/h8-13H,2-7H2,1H3. The molecule has 2 aromatic rings. The van der Waals surface area contributed by atoms with Crippen LogP contribution in [0.2, 0.25) is 5.15 Å². The average molecular weight is 474 g/mol. The average Bonchev–Trinajstić information content (AvgIpc) is 2.90. The van der Waals surface area contributed by atoms with Crippen molar-refractivity contribution in [3.8, 4) is 0 Å². The Bertz CT molecular complexity index is 791. The molecule has 0 N–H and O–H groups in total. The number of carbonyl (C=O) groups is 1. The Morgan fingerprint density at radius 3 is 2.92 bits per heavy atom. The molecule has 2 aliphatic rings. The molecule has 0 aromatic carbocycles. The summed E-state index contributed by atoms with van der Waals surface area (Å²) in [5.74, 6) is 0.688. The van der Waals surface area contributed by atoms with Gasteiger partial charge in [-0.25, -0.2) is 9.97 Å². The zero-order chi connectivity index (χ0) is 17.6. The highest BCUT2D eigenvalue weighted by Crippen LogP contribution is 2.41. The number of carbonyl (C=O) groups excluding carboxylic acids is 1. The minimum atomic E-state index is 0.0402. The number of piperazine rings is 1. The molecule has 6 nitrogen and oxygen atoms in total. The van der Waals surface area contributed by atoms with Gasteiger partial charge in [0, 0.05) is 42.0 Å². The van der Waals surface area contributed by atoms with E-state index in [1.807, 2.05) is 7.05 Å². The summed E-state index contributed by atoms with van der Waals surface area (Å²) in [6.07, 6.45) is 7.06. The molecule has 3 heterocycles. The number of likely N-dealkylation sites (N-methyl/N-ethyl adjacent to an activating group) is 1. The second-order valence-electron chi connectivity index (χ2n) is 7.18. The first kappa shape index (κ1) is 17.6. The fourth-order valence-corrected chi connectivity index (χ4v) is 5.18. The van der Waals surface area contributed by atoms with Gasteiger partial charge in [-0.3, -0.25) is 9.80 Å². The predicted molar refractivity (Wildman–Crippen MR) is 106 cm³/mol. The molecule has 134 valence electrons. The topological polar surface area (TPSA) is 54.3 Å². The lowest BCUT2D eigenvalue weighted by Crippen LogP contribution is -2.53. The molecule has 1 aliphatic heterocycles. The lowest BCUT2D eigenvalue weighted by molar-refractivity contribution is -0.114. The second kappa shape index (κ2) is 7.09. The molecule has 1 unspecified atom stereocenters. The molecular weight excluding hydrogens is 453 g/mol. The quantitative estimate of drug-likeness (QED) is 0.388. The van der Waals surface area contributed by atoms with Crippen LogP contribution in [0.15, 0.2) is 12.5 Å². The van der Waals surface area contributed by atoms with E-state index in [-0.39, 0.29) is 6.04 Å². The van der Waals surface area contributed by atoms with Gasteiger partial charge in [-0.05, 0) is 48.4 Å². The summed E-state index contributed by atoms with van der Waals surface area (Å²) in [5.41, 5.74) is 0.938. The summed E-state index contributed by atoms with van der Waals surface area (Å²) in [6.45, 7) is 3.96. The lowest BCUT2D eigenvalue weighted by atomic mass is 9.79. The molecule has 0 spiro atoms. The molecule has 1 atom stereocenters. The van der Waals surface area contributed by atoms with E-state index in [0.717, 1.165) is 59.9 Å². The van der Waals surface area contributed by atoms with E-state index < -0.39 is 0 Å². The fraction of sp³-hybridized carbons (Fsp3) is 0.588. The minimum Gasteiger partial charge on any atom is -0.328 e.